The first-order valence-corrected chi connectivity index (χ1v) is 12.8. The van der Waals surface area contributed by atoms with Gasteiger partial charge >= 0.3 is 0 Å². The molecule has 4 atom stereocenters. The van der Waals surface area contributed by atoms with Crippen molar-refractivity contribution in [3.05, 3.63) is 58.8 Å². The highest BCUT2D eigenvalue weighted by molar-refractivity contribution is 8.00. The Bertz CT molecular complexity index is 1280. The quantitative estimate of drug-likeness (QED) is 0.186. The number of thioether (sulfide) groups is 1. The average Bonchev–Trinajstić information content (AvgIpc) is 3.36. The number of rotatable bonds is 12. The normalized spacial score (nSPS) is 14.6. The molecule has 0 aliphatic heterocycles. The Hall–Kier alpha value is -2.75. The Labute approximate surface area is 231 Å². The monoisotopic (exact) mass is 589 g/mol. The van der Waals surface area contributed by atoms with Crippen LogP contribution in [0.15, 0.2) is 35.5 Å². The number of benzene rings is 1. The topological polar surface area (TPSA) is 123 Å². The lowest BCUT2D eigenvalue weighted by Gasteiger charge is -2.30. The zero-order chi connectivity index (χ0) is 28.9. The van der Waals surface area contributed by atoms with Gasteiger partial charge in [0.25, 0.3) is 5.91 Å². The number of aliphatic hydroxyl groups excluding tert-OH is 2. The van der Waals surface area contributed by atoms with E-state index in [9.17, 15) is 28.2 Å². The summed E-state index contributed by atoms with van der Waals surface area (Å²) in [6.07, 6.45) is -0.203. The second kappa shape index (κ2) is 13.5. The summed E-state index contributed by atoms with van der Waals surface area (Å²) in [6.45, 7) is 0.908. The molecular weight excluding hydrogens is 563 g/mol. The summed E-state index contributed by atoms with van der Waals surface area (Å²) < 4.78 is 53.7. The summed E-state index contributed by atoms with van der Waals surface area (Å²) in [6, 6.07) is 3.12. The molecule has 1 aromatic carbocycles. The number of halogens is 4. The smallest absolute Gasteiger partial charge is 0.273 e. The molecule has 0 bridgehead atoms. The lowest BCUT2D eigenvalue weighted by atomic mass is 10.1. The van der Waals surface area contributed by atoms with Gasteiger partial charge in [-0.25, -0.2) is 22.8 Å². The number of carbonyl (C=O) groups is 1. The van der Waals surface area contributed by atoms with Gasteiger partial charge in [0.2, 0.25) is 0 Å². The molecule has 10 nitrogen and oxygen atoms in total. The molecule has 0 fully saturated rings. The third kappa shape index (κ3) is 7.68. The van der Waals surface area contributed by atoms with Crippen LogP contribution in [0.2, 0.25) is 5.02 Å². The van der Waals surface area contributed by atoms with Crippen molar-refractivity contribution in [1.29, 1.82) is 0 Å². The van der Waals surface area contributed by atoms with E-state index in [2.05, 4.69) is 15.3 Å². The Morgan fingerprint density at radius 3 is 2.44 bits per heavy atom. The maximum Gasteiger partial charge on any atom is 0.273 e. The largest absolute Gasteiger partial charge is 0.394 e. The van der Waals surface area contributed by atoms with E-state index in [0.29, 0.717) is 4.90 Å². The van der Waals surface area contributed by atoms with Gasteiger partial charge in [-0.2, -0.15) is 0 Å². The molecule has 3 aromatic rings. The number of hydrogen-bond acceptors (Lipinski definition) is 9. The molecule has 0 saturated heterocycles. The first-order valence-electron chi connectivity index (χ1n) is 11.5. The van der Waals surface area contributed by atoms with Crippen LogP contribution in [0, 0.1) is 17.5 Å². The molecule has 2 unspecified atom stereocenters. The highest BCUT2D eigenvalue weighted by Crippen LogP contribution is 2.33. The molecular formula is C24H27ClF3N5O5S. The van der Waals surface area contributed by atoms with E-state index < -0.39 is 53.7 Å². The van der Waals surface area contributed by atoms with Gasteiger partial charge in [0.15, 0.2) is 17.5 Å². The summed E-state index contributed by atoms with van der Waals surface area (Å²) in [7, 11) is 4.52. The molecule has 0 aliphatic carbocycles. The van der Waals surface area contributed by atoms with Gasteiger partial charge in [0.05, 0.1) is 30.5 Å². The average molecular weight is 590 g/mol. The summed E-state index contributed by atoms with van der Waals surface area (Å²) in [5, 5.41) is 28.0. The molecule has 2 N–H and O–H groups in total. The van der Waals surface area contributed by atoms with Crippen LogP contribution in [0.25, 0.3) is 11.3 Å². The van der Waals surface area contributed by atoms with Gasteiger partial charge in [-0.1, -0.05) is 28.6 Å². The molecule has 2 aromatic heterocycles. The summed E-state index contributed by atoms with van der Waals surface area (Å²) in [5.74, 6) is -4.73. The predicted octanol–water partition coefficient (Wildman–Crippen LogP) is 3.00. The van der Waals surface area contributed by atoms with Crippen LogP contribution in [0.5, 0.6) is 0 Å². The lowest BCUT2D eigenvalue weighted by molar-refractivity contribution is -0.105. The number of carbonyl (C=O) groups excluding carboxylic acids is 1. The fourth-order valence-electron chi connectivity index (χ4n) is 3.36. The van der Waals surface area contributed by atoms with Gasteiger partial charge in [0.1, 0.15) is 29.0 Å². The third-order valence-electron chi connectivity index (χ3n) is 5.49. The molecule has 0 saturated carbocycles. The zero-order valence-corrected chi connectivity index (χ0v) is 23.0. The van der Waals surface area contributed by atoms with Crippen LogP contribution in [0.1, 0.15) is 17.4 Å². The molecule has 0 aliphatic rings. The SMILES string of the molecule is CO[C@@H](Cn1cc(-c2cc(F)c(F)c(F)c2)nn1)C(OC(CO)[C@@H](C)O)Sc1cc(Cl)cnc1C(=O)N(C)C. The maximum absolute atomic E-state index is 13.7. The fourth-order valence-corrected chi connectivity index (χ4v) is 4.83. The van der Waals surface area contributed by atoms with Crippen molar-refractivity contribution in [3.8, 4) is 11.3 Å². The van der Waals surface area contributed by atoms with Gasteiger partial charge in [0, 0.05) is 37.9 Å². The Morgan fingerprint density at radius 1 is 1.21 bits per heavy atom. The number of pyridine rings is 1. The van der Waals surface area contributed by atoms with Crippen molar-refractivity contribution < 1.29 is 37.7 Å². The second-order valence-corrected chi connectivity index (χ2v) is 10.2. The van der Waals surface area contributed by atoms with Gasteiger partial charge in [-0.05, 0) is 25.1 Å². The number of aliphatic hydroxyl groups is 2. The lowest BCUT2D eigenvalue weighted by Crippen LogP contribution is -2.40. The summed E-state index contributed by atoms with van der Waals surface area (Å²) >= 11 is 7.18. The minimum absolute atomic E-state index is 0.0176. The predicted molar refractivity (Wildman–Crippen MR) is 137 cm³/mol. The summed E-state index contributed by atoms with van der Waals surface area (Å²) in [4.78, 5) is 18.6. The van der Waals surface area contributed by atoms with Crippen LogP contribution < -0.4 is 0 Å². The van der Waals surface area contributed by atoms with E-state index in [1.807, 2.05) is 0 Å². The van der Waals surface area contributed by atoms with Crippen molar-refractivity contribution in [2.45, 2.75) is 42.1 Å². The highest BCUT2D eigenvalue weighted by atomic mass is 35.5. The van der Waals surface area contributed by atoms with Crippen molar-refractivity contribution in [2.75, 3.05) is 27.8 Å². The van der Waals surface area contributed by atoms with Crippen molar-refractivity contribution in [1.82, 2.24) is 24.9 Å². The van der Waals surface area contributed by atoms with E-state index >= 15 is 0 Å². The Kier molecular flexibility index (Phi) is 10.7. The van der Waals surface area contributed by atoms with Crippen molar-refractivity contribution in [2.24, 2.45) is 0 Å². The fraction of sp³-hybridized carbons (Fsp3) is 0.417. The number of methoxy groups -OCH3 is 1. The summed E-state index contributed by atoms with van der Waals surface area (Å²) in [5.41, 5.74) is -0.814. The molecule has 15 heteroatoms. The van der Waals surface area contributed by atoms with Crippen LogP contribution in [0.3, 0.4) is 0 Å². The number of ether oxygens (including phenoxy) is 2. The Morgan fingerprint density at radius 2 is 1.87 bits per heavy atom. The van der Waals surface area contributed by atoms with Gasteiger partial charge < -0.3 is 24.6 Å². The van der Waals surface area contributed by atoms with E-state index in [0.717, 1.165) is 23.9 Å². The van der Waals surface area contributed by atoms with Crippen LogP contribution in [-0.2, 0) is 16.0 Å². The maximum atomic E-state index is 13.7. The molecule has 212 valence electrons. The van der Waals surface area contributed by atoms with Crippen LogP contribution in [0.4, 0.5) is 13.2 Å². The minimum Gasteiger partial charge on any atom is -0.394 e. The van der Waals surface area contributed by atoms with Crippen LogP contribution in [-0.4, -0.2) is 92.6 Å². The van der Waals surface area contributed by atoms with E-state index in [1.165, 1.54) is 42.1 Å². The highest BCUT2D eigenvalue weighted by Gasteiger charge is 2.31. The second-order valence-electron chi connectivity index (χ2n) is 8.64. The van der Waals surface area contributed by atoms with Gasteiger partial charge in [-0.3, -0.25) is 4.79 Å². The molecule has 3 rings (SSSR count). The molecule has 1 amide bonds. The molecule has 2 heterocycles. The van der Waals surface area contributed by atoms with E-state index in [1.54, 1.807) is 14.1 Å². The van der Waals surface area contributed by atoms with E-state index in [-0.39, 0.29) is 28.5 Å². The zero-order valence-electron chi connectivity index (χ0n) is 21.4. The molecule has 0 spiro atoms. The number of amides is 1. The van der Waals surface area contributed by atoms with E-state index in [4.69, 9.17) is 21.1 Å². The minimum atomic E-state index is -1.60. The molecule has 0 radical (unpaired) electrons. The third-order valence-corrected chi connectivity index (χ3v) is 6.91. The van der Waals surface area contributed by atoms with Crippen LogP contribution >= 0.6 is 23.4 Å². The standard InChI is InChI=1S/C24H27ClF3N5O5S/c1-12(35)19(11-34)38-24(39-20-7-14(25)8-29-22(20)23(36)32(2)3)18(37-4)10-33-9-17(30-31-33)13-5-15(26)21(28)16(27)6-13/h5-9,12,18-19,24,34-35H,10-11H2,1-4H3/t12-,18+,19?,24?/m1/s1. The number of hydrogen-bond donors (Lipinski definition) is 2. The first-order chi connectivity index (χ1) is 18.4. The first kappa shape index (κ1) is 30.8. The molecule has 39 heavy (non-hydrogen) atoms. The van der Waals surface area contributed by atoms with Gasteiger partial charge in [-0.15, -0.1) is 5.10 Å². The number of nitrogens with zero attached hydrogens (tertiary/aromatic N) is 5. The number of aromatic nitrogens is 4. The Balaban J connectivity index is 1.94. The van der Waals surface area contributed by atoms with Crippen molar-refractivity contribution >= 4 is 29.3 Å². The van der Waals surface area contributed by atoms with Crippen molar-refractivity contribution in [3.63, 3.8) is 0 Å².